The molecule has 0 unspecified atom stereocenters. The molecule has 0 saturated carbocycles. The maximum atomic E-state index is 7.32. The van der Waals surface area contributed by atoms with Gasteiger partial charge in [-0.05, 0) is 91.8 Å². The molecule has 63 heavy (non-hydrogen) atoms. The minimum atomic E-state index is 0.566. The number of hydrogen-bond acceptors (Lipinski definition) is 5. The molecule has 6 nitrogen and oxygen atoms in total. The van der Waals surface area contributed by atoms with Gasteiger partial charge in [-0.25, -0.2) is 19.8 Å². The van der Waals surface area contributed by atoms with Crippen LogP contribution in [0.15, 0.2) is 205 Å². The predicted octanol–water partition coefficient (Wildman–Crippen LogP) is 15.2. The Kier molecular flexibility index (Phi) is 8.44. The lowest BCUT2D eigenvalue weighted by Gasteiger charge is -2.16. The van der Waals surface area contributed by atoms with Crippen LogP contribution in [0.5, 0.6) is 0 Å². The normalized spacial score (nSPS) is 11.5. The van der Waals surface area contributed by atoms with Crippen molar-refractivity contribution in [3.8, 4) is 67.5 Å². The van der Waals surface area contributed by atoms with Crippen molar-refractivity contribution in [2.45, 2.75) is 0 Å². The summed E-state index contributed by atoms with van der Waals surface area (Å²) >= 11 is 0. The van der Waals surface area contributed by atoms with Gasteiger partial charge >= 0.3 is 0 Å². The van der Waals surface area contributed by atoms with E-state index in [1.165, 1.54) is 10.8 Å². The molecule has 0 spiro atoms. The molecule has 0 bridgehead atoms. The Morgan fingerprint density at radius 3 is 1.68 bits per heavy atom. The number of aromatic nitrogens is 4. The fourth-order valence-corrected chi connectivity index (χ4v) is 8.90. The lowest BCUT2D eigenvalue weighted by molar-refractivity contribution is 0.669. The Bertz CT molecular complexity index is 3790. The molecule has 3 aromatic heterocycles. The molecule has 9 aromatic carbocycles. The van der Waals surface area contributed by atoms with Crippen LogP contribution >= 0.6 is 0 Å². The molecule has 0 saturated heterocycles. The highest BCUT2D eigenvalue weighted by Crippen LogP contribution is 2.42. The van der Waals surface area contributed by atoms with Crippen molar-refractivity contribution in [1.82, 2.24) is 19.9 Å². The fraction of sp³-hybridized carbons (Fsp3) is 0. The van der Waals surface area contributed by atoms with Gasteiger partial charge in [0.15, 0.2) is 23.2 Å². The molecule has 0 atom stereocenters. The minimum absolute atomic E-state index is 0.566. The third-order valence-electron chi connectivity index (χ3n) is 12.0. The van der Waals surface area contributed by atoms with E-state index in [-0.39, 0.29) is 0 Å². The Morgan fingerprint density at radius 2 is 0.905 bits per heavy atom. The number of benzene rings is 9. The van der Waals surface area contributed by atoms with Crippen molar-refractivity contribution in [3.05, 3.63) is 212 Å². The van der Waals surface area contributed by atoms with Crippen molar-refractivity contribution in [3.63, 3.8) is 0 Å². The van der Waals surface area contributed by atoms with E-state index in [1.54, 1.807) is 0 Å². The standard InChI is InChI=1S/C57H33N5O/c1-58-42-27-24-36(25-28-42)35-20-22-37(23-21-35)48-33-51-47-18-10-30-59-54(47)49(34-50(51)44-16-6-5-15-43(44)48)39-13-9-14-40(31-39)56-60-55(38-11-3-2-4-12-38)61-57(62-56)41-26-29-46-45-17-7-8-19-52(45)63-53(46)32-41/h2-34H. The summed E-state index contributed by atoms with van der Waals surface area (Å²) in [7, 11) is 0. The molecule has 12 aromatic rings. The summed E-state index contributed by atoms with van der Waals surface area (Å²) in [5.41, 5.74) is 12.3. The topological polar surface area (TPSA) is 69.1 Å². The molecule has 3 heterocycles. The van der Waals surface area contributed by atoms with Crippen LogP contribution in [0.3, 0.4) is 0 Å². The molecule has 0 radical (unpaired) electrons. The zero-order chi connectivity index (χ0) is 41.9. The van der Waals surface area contributed by atoms with Crippen LogP contribution in [0.25, 0.3) is 127 Å². The third-order valence-corrected chi connectivity index (χ3v) is 12.0. The van der Waals surface area contributed by atoms with E-state index in [1.807, 2.05) is 91.1 Å². The summed E-state index contributed by atoms with van der Waals surface area (Å²) in [6, 6.07) is 66.7. The van der Waals surface area contributed by atoms with E-state index in [2.05, 4.69) is 114 Å². The second-order valence-corrected chi connectivity index (χ2v) is 15.7. The molecule has 12 rings (SSSR count). The first-order valence-electron chi connectivity index (χ1n) is 20.8. The average Bonchev–Trinajstić information content (AvgIpc) is 3.74. The molecule has 0 aliphatic rings. The van der Waals surface area contributed by atoms with Gasteiger partial charge in [0.2, 0.25) is 0 Å². The van der Waals surface area contributed by atoms with Crippen LogP contribution in [-0.2, 0) is 0 Å². The monoisotopic (exact) mass is 803 g/mol. The van der Waals surface area contributed by atoms with Crippen molar-refractivity contribution in [2.75, 3.05) is 0 Å². The summed E-state index contributed by atoms with van der Waals surface area (Å²) in [6.07, 6.45) is 1.87. The molecule has 292 valence electrons. The molecular weight excluding hydrogens is 771 g/mol. The van der Waals surface area contributed by atoms with Crippen molar-refractivity contribution in [2.24, 2.45) is 0 Å². The largest absolute Gasteiger partial charge is 0.456 e. The molecule has 0 fully saturated rings. The smallest absolute Gasteiger partial charge is 0.187 e. The molecule has 0 aliphatic carbocycles. The Morgan fingerprint density at radius 1 is 0.349 bits per heavy atom. The van der Waals surface area contributed by atoms with E-state index >= 15 is 0 Å². The van der Waals surface area contributed by atoms with Crippen molar-refractivity contribution < 1.29 is 4.42 Å². The van der Waals surface area contributed by atoms with Gasteiger partial charge in [0.25, 0.3) is 0 Å². The number of furan rings is 1. The predicted molar refractivity (Wildman–Crippen MR) is 256 cm³/mol. The fourth-order valence-electron chi connectivity index (χ4n) is 8.90. The lowest BCUT2D eigenvalue weighted by atomic mass is 9.88. The first kappa shape index (κ1) is 36.1. The maximum absolute atomic E-state index is 7.32. The second-order valence-electron chi connectivity index (χ2n) is 15.7. The van der Waals surface area contributed by atoms with Gasteiger partial charge in [0.05, 0.1) is 12.1 Å². The summed E-state index contributed by atoms with van der Waals surface area (Å²) < 4.78 is 6.27. The van der Waals surface area contributed by atoms with Gasteiger partial charge in [-0.1, -0.05) is 152 Å². The Hall–Kier alpha value is -8.79. The highest BCUT2D eigenvalue weighted by molar-refractivity contribution is 6.23. The van der Waals surface area contributed by atoms with Crippen LogP contribution in [0, 0.1) is 6.57 Å². The summed E-state index contributed by atoms with van der Waals surface area (Å²) in [5.74, 6) is 1.73. The summed E-state index contributed by atoms with van der Waals surface area (Å²) in [5, 5.41) is 7.85. The van der Waals surface area contributed by atoms with Crippen molar-refractivity contribution >= 4 is 60.1 Å². The van der Waals surface area contributed by atoms with Gasteiger partial charge in [-0.2, -0.15) is 0 Å². The summed E-state index contributed by atoms with van der Waals surface area (Å²) in [6.45, 7) is 7.32. The second kappa shape index (κ2) is 14.7. The first-order chi connectivity index (χ1) is 31.1. The van der Waals surface area contributed by atoms with Crippen LogP contribution in [-0.4, -0.2) is 19.9 Å². The third kappa shape index (κ3) is 6.27. The first-order valence-corrected chi connectivity index (χ1v) is 20.8. The van der Waals surface area contributed by atoms with Crippen LogP contribution < -0.4 is 0 Å². The quantitative estimate of drug-likeness (QED) is 0.124. The van der Waals surface area contributed by atoms with E-state index in [9.17, 15) is 0 Å². The maximum Gasteiger partial charge on any atom is 0.187 e. The Balaban J connectivity index is 0.993. The van der Waals surface area contributed by atoms with Crippen molar-refractivity contribution in [1.29, 1.82) is 0 Å². The van der Waals surface area contributed by atoms with E-state index in [4.69, 9.17) is 30.9 Å². The molecule has 0 aliphatic heterocycles. The highest BCUT2D eigenvalue weighted by Gasteiger charge is 2.18. The van der Waals surface area contributed by atoms with Gasteiger partial charge in [0.1, 0.15) is 11.2 Å². The van der Waals surface area contributed by atoms with Gasteiger partial charge in [-0.3, -0.25) is 4.98 Å². The molecule has 6 heteroatoms. The Labute approximate surface area is 362 Å². The SMILES string of the molecule is [C-]#[N+]c1ccc(-c2ccc(-c3cc4c5cccnc5c(-c5cccc(-c6nc(-c7ccccc7)nc(-c7ccc8c(c7)oc7ccccc78)n6)c5)cc4c4ccccc34)cc2)cc1. The van der Waals surface area contributed by atoms with E-state index in [0.29, 0.717) is 23.2 Å². The number of nitrogens with zero attached hydrogens (tertiary/aromatic N) is 5. The van der Waals surface area contributed by atoms with Gasteiger partial charge < -0.3 is 4.42 Å². The van der Waals surface area contributed by atoms with E-state index in [0.717, 1.165) is 93.7 Å². The van der Waals surface area contributed by atoms with E-state index < -0.39 is 0 Å². The van der Waals surface area contributed by atoms with Gasteiger partial charge in [-0.15, -0.1) is 0 Å². The summed E-state index contributed by atoms with van der Waals surface area (Å²) in [4.78, 5) is 23.8. The zero-order valence-electron chi connectivity index (χ0n) is 33.7. The highest BCUT2D eigenvalue weighted by atomic mass is 16.3. The van der Waals surface area contributed by atoms with Crippen LogP contribution in [0.1, 0.15) is 0 Å². The molecular formula is C57H33N5O. The number of rotatable bonds is 6. The molecule has 0 amide bonds. The van der Waals surface area contributed by atoms with Crippen LogP contribution in [0.4, 0.5) is 5.69 Å². The molecule has 0 N–H and O–H groups in total. The number of para-hydroxylation sites is 1. The minimum Gasteiger partial charge on any atom is -0.456 e. The average molecular weight is 804 g/mol. The lowest BCUT2D eigenvalue weighted by Crippen LogP contribution is -2.00. The number of hydrogen-bond donors (Lipinski definition) is 0. The van der Waals surface area contributed by atoms with Crippen LogP contribution in [0.2, 0.25) is 0 Å². The number of pyridine rings is 1. The zero-order valence-corrected chi connectivity index (χ0v) is 33.7. The van der Waals surface area contributed by atoms with Gasteiger partial charge in [0, 0.05) is 44.6 Å². The number of fused-ring (bicyclic) bond motifs is 8.